The van der Waals surface area contributed by atoms with Gasteiger partial charge in [0.2, 0.25) is 0 Å². The Balaban J connectivity index is 2.53. The molecule has 2 aromatic rings. The molecule has 0 spiro atoms. The van der Waals surface area contributed by atoms with Gasteiger partial charge in [-0.15, -0.1) is 0 Å². The van der Waals surface area contributed by atoms with Gasteiger partial charge in [0.05, 0.1) is 11.3 Å². The summed E-state index contributed by atoms with van der Waals surface area (Å²) in [4.78, 5) is 0. The Bertz CT molecular complexity index is 644. The predicted molar refractivity (Wildman–Crippen MR) is 71.9 cm³/mol. The van der Waals surface area contributed by atoms with Crippen LogP contribution in [0.4, 0.5) is 23.4 Å². The zero-order valence-electron chi connectivity index (χ0n) is 11.6. The number of alkyl halides is 3. The lowest BCUT2D eigenvalue weighted by Gasteiger charge is -2.11. The molecule has 0 bridgehead atoms. The molecule has 1 aromatic carbocycles. The lowest BCUT2D eigenvalue weighted by molar-refractivity contribution is -0.139. The van der Waals surface area contributed by atoms with Gasteiger partial charge in [-0.3, -0.25) is 5.10 Å². The molecule has 3 nitrogen and oxygen atoms in total. The van der Waals surface area contributed by atoms with Crippen LogP contribution in [0.5, 0.6) is 0 Å². The Morgan fingerprint density at radius 3 is 2.52 bits per heavy atom. The monoisotopic (exact) mass is 301 g/mol. The summed E-state index contributed by atoms with van der Waals surface area (Å²) >= 11 is 0. The third kappa shape index (κ3) is 3.17. The van der Waals surface area contributed by atoms with Gasteiger partial charge in [0.25, 0.3) is 0 Å². The standard InChI is InChI=1S/C14H15F4N3/c1-7(2)5-9-12(20-21-13(9)19)8-3-4-11(15)10(6-8)14(16,17)18/h3-4,6-7H,5H2,1-2H3,(H3,19,20,21). The van der Waals surface area contributed by atoms with Crippen molar-refractivity contribution in [1.82, 2.24) is 10.2 Å². The minimum Gasteiger partial charge on any atom is -0.382 e. The Kier molecular flexibility index (Phi) is 3.93. The topological polar surface area (TPSA) is 54.7 Å². The van der Waals surface area contributed by atoms with Crippen molar-refractivity contribution in [3.05, 3.63) is 35.1 Å². The average molecular weight is 301 g/mol. The van der Waals surface area contributed by atoms with E-state index >= 15 is 0 Å². The zero-order chi connectivity index (χ0) is 15.8. The number of nitrogens with two attached hydrogens (primary N) is 1. The van der Waals surface area contributed by atoms with E-state index in [-0.39, 0.29) is 17.3 Å². The smallest absolute Gasteiger partial charge is 0.382 e. The molecule has 1 heterocycles. The van der Waals surface area contributed by atoms with Crippen LogP contribution in [0.3, 0.4) is 0 Å². The van der Waals surface area contributed by atoms with Gasteiger partial charge in [-0.25, -0.2) is 4.39 Å². The number of anilines is 1. The van der Waals surface area contributed by atoms with Gasteiger partial charge in [0.15, 0.2) is 0 Å². The van der Waals surface area contributed by atoms with Crippen molar-refractivity contribution in [3.63, 3.8) is 0 Å². The quantitative estimate of drug-likeness (QED) is 0.841. The maximum Gasteiger partial charge on any atom is 0.419 e. The molecule has 1 aromatic heterocycles. The van der Waals surface area contributed by atoms with Crippen molar-refractivity contribution in [2.45, 2.75) is 26.4 Å². The Labute approximate surface area is 119 Å². The average Bonchev–Trinajstić information content (AvgIpc) is 2.70. The van der Waals surface area contributed by atoms with E-state index in [1.54, 1.807) is 0 Å². The van der Waals surface area contributed by atoms with E-state index in [1.807, 2.05) is 13.8 Å². The molecular formula is C14H15F4N3. The number of aromatic nitrogens is 2. The second kappa shape index (κ2) is 5.38. The number of rotatable bonds is 3. The summed E-state index contributed by atoms with van der Waals surface area (Å²) in [6.07, 6.45) is -4.18. The largest absolute Gasteiger partial charge is 0.419 e. The minimum absolute atomic E-state index is 0.212. The van der Waals surface area contributed by atoms with Gasteiger partial charge in [-0.2, -0.15) is 18.3 Å². The Hall–Kier alpha value is -2.05. The van der Waals surface area contributed by atoms with Crippen LogP contribution in [-0.2, 0) is 12.6 Å². The summed E-state index contributed by atoms with van der Waals surface area (Å²) in [5, 5.41) is 6.47. The Morgan fingerprint density at radius 1 is 1.29 bits per heavy atom. The van der Waals surface area contributed by atoms with Crippen LogP contribution in [0.1, 0.15) is 25.0 Å². The molecule has 0 aliphatic heterocycles. The van der Waals surface area contributed by atoms with Gasteiger partial charge in [0.1, 0.15) is 11.6 Å². The third-order valence-corrected chi connectivity index (χ3v) is 3.07. The molecule has 0 amide bonds. The van der Waals surface area contributed by atoms with Crippen molar-refractivity contribution in [2.24, 2.45) is 5.92 Å². The van der Waals surface area contributed by atoms with Crippen molar-refractivity contribution in [3.8, 4) is 11.3 Å². The highest BCUT2D eigenvalue weighted by Gasteiger charge is 2.34. The van der Waals surface area contributed by atoms with E-state index in [2.05, 4.69) is 10.2 Å². The van der Waals surface area contributed by atoms with Crippen LogP contribution in [0.25, 0.3) is 11.3 Å². The van der Waals surface area contributed by atoms with Gasteiger partial charge < -0.3 is 5.73 Å². The van der Waals surface area contributed by atoms with Crippen molar-refractivity contribution < 1.29 is 17.6 Å². The van der Waals surface area contributed by atoms with Gasteiger partial charge in [0, 0.05) is 11.1 Å². The zero-order valence-corrected chi connectivity index (χ0v) is 11.6. The van der Waals surface area contributed by atoms with Gasteiger partial charge in [-0.1, -0.05) is 13.8 Å². The van der Waals surface area contributed by atoms with Crippen LogP contribution < -0.4 is 5.73 Å². The highest BCUT2D eigenvalue weighted by Crippen LogP contribution is 2.35. The number of nitrogens with zero attached hydrogens (tertiary/aromatic N) is 1. The fourth-order valence-electron chi connectivity index (χ4n) is 2.13. The molecule has 0 atom stereocenters. The van der Waals surface area contributed by atoms with Crippen LogP contribution in [0, 0.1) is 11.7 Å². The number of hydrogen-bond acceptors (Lipinski definition) is 2. The predicted octanol–water partition coefficient (Wildman–Crippen LogP) is 4.02. The van der Waals surface area contributed by atoms with E-state index in [1.165, 1.54) is 6.07 Å². The lowest BCUT2D eigenvalue weighted by atomic mass is 9.98. The van der Waals surface area contributed by atoms with Crippen LogP contribution in [-0.4, -0.2) is 10.2 Å². The first-order chi connectivity index (χ1) is 9.70. The number of H-pyrrole nitrogens is 1. The van der Waals surface area contributed by atoms with E-state index < -0.39 is 17.6 Å². The van der Waals surface area contributed by atoms with E-state index in [9.17, 15) is 17.6 Å². The summed E-state index contributed by atoms with van der Waals surface area (Å²) in [7, 11) is 0. The van der Waals surface area contributed by atoms with Crippen molar-refractivity contribution in [1.29, 1.82) is 0 Å². The summed E-state index contributed by atoms with van der Waals surface area (Å²) in [6, 6.07) is 2.85. The molecule has 114 valence electrons. The molecule has 0 saturated carbocycles. The molecule has 0 fully saturated rings. The summed E-state index contributed by atoms with van der Waals surface area (Å²) in [6.45, 7) is 3.92. The molecule has 0 radical (unpaired) electrons. The van der Waals surface area contributed by atoms with Crippen LogP contribution >= 0.6 is 0 Å². The number of halogens is 4. The molecule has 0 aliphatic rings. The van der Waals surface area contributed by atoms with Crippen LogP contribution in [0.15, 0.2) is 18.2 Å². The first-order valence-corrected chi connectivity index (χ1v) is 6.40. The summed E-state index contributed by atoms with van der Waals surface area (Å²) < 4.78 is 51.6. The molecule has 21 heavy (non-hydrogen) atoms. The molecule has 7 heteroatoms. The summed E-state index contributed by atoms with van der Waals surface area (Å²) in [5.74, 6) is -0.799. The second-order valence-electron chi connectivity index (χ2n) is 5.25. The normalized spacial score (nSPS) is 12.1. The number of nitrogens with one attached hydrogen (secondary N) is 1. The lowest BCUT2D eigenvalue weighted by Crippen LogP contribution is -2.08. The first kappa shape index (κ1) is 15.3. The molecule has 0 saturated heterocycles. The third-order valence-electron chi connectivity index (χ3n) is 3.07. The fraction of sp³-hybridized carbons (Fsp3) is 0.357. The maximum atomic E-state index is 13.3. The molecular weight excluding hydrogens is 286 g/mol. The highest BCUT2D eigenvalue weighted by atomic mass is 19.4. The highest BCUT2D eigenvalue weighted by molar-refractivity contribution is 5.68. The Morgan fingerprint density at radius 2 is 1.95 bits per heavy atom. The number of benzene rings is 1. The van der Waals surface area contributed by atoms with Crippen molar-refractivity contribution >= 4 is 5.82 Å². The number of nitrogen functional groups attached to an aromatic ring is 1. The van der Waals surface area contributed by atoms with Gasteiger partial charge >= 0.3 is 6.18 Å². The van der Waals surface area contributed by atoms with E-state index in [0.717, 1.165) is 12.1 Å². The minimum atomic E-state index is -4.75. The van der Waals surface area contributed by atoms with Gasteiger partial charge in [-0.05, 0) is 30.5 Å². The molecule has 3 N–H and O–H groups in total. The summed E-state index contributed by atoms with van der Waals surface area (Å²) in [5.41, 5.74) is 5.69. The molecule has 0 aliphatic carbocycles. The first-order valence-electron chi connectivity index (χ1n) is 6.40. The number of hydrogen-bond donors (Lipinski definition) is 2. The van der Waals surface area contributed by atoms with E-state index in [4.69, 9.17) is 5.73 Å². The molecule has 0 unspecified atom stereocenters. The SMILES string of the molecule is CC(C)Cc1c(N)n[nH]c1-c1ccc(F)c(C(F)(F)F)c1. The van der Waals surface area contributed by atoms with Crippen LogP contribution in [0.2, 0.25) is 0 Å². The van der Waals surface area contributed by atoms with E-state index in [0.29, 0.717) is 17.7 Å². The van der Waals surface area contributed by atoms with Crippen molar-refractivity contribution in [2.75, 3.05) is 5.73 Å². The molecule has 2 rings (SSSR count). The fourth-order valence-corrected chi connectivity index (χ4v) is 2.13. The second-order valence-corrected chi connectivity index (χ2v) is 5.25. The number of aromatic amines is 1. The maximum absolute atomic E-state index is 13.3.